The number of nitrogens with one attached hydrogen (secondary N) is 1. The Hall–Kier alpha value is -1.06. The van der Waals surface area contributed by atoms with E-state index in [0.29, 0.717) is 0 Å². The summed E-state index contributed by atoms with van der Waals surface area (Å²) in [5, 5.41) is 2.83. The Morgan fingerprint density at radius 3 is 1.58 bits per heavy atom. The number of carbonyl (C=O) groups excluding carboxylic acids is 2. The van der Waals surface area contributed by atoms with E-state index in [1.807, 2.05) is 6.92 Å². The standard InChI is InChI=1S/C22H43NO3/c1-5-6-7-8-9-10-11-12-13-14-15-16-17-18-22(26-21(4)25)19(2)23-20(3)24/h19,22H,5-18H2,1-4H3,(H,23,24)/t19-,22+/m0/s1. The highest BCUT2D eigenvalue weighted by atomic mass is 16.5. The molecule has 26 heavy (non-hydrogen) atoms. The van der Waals surface area contributed by atoms with Gasteiger partial charge >= 0.3 is 5.97 Å². The van der Waals surface area contributed by atoms with Gasteiger partial charge in [0, 0.05) is 13.8 Å². The van der Waals surface area contributed by atoms with Crippen LogP contribution in [-0.2, 0) is 14.3 Å². The molecule has 0 aromatic rings. The summed E-state index contributed by atoms with van der Waals surface area (Å²) in [6.07, 6.45) is 17.8. The van der Waals surface area contributed by atoms with Crippen molar-refractivity contribution in [3.05, 3.63) is 0 Å². The van der Waals surface area contributed by atoms with Gasteiger partial charge in [0.1, 0.15) is 6.10 Å². The van der Waals surface area contributed by atoms with Crippen molar-refractivity contribution in [2.45, 2.75) is 130 Å². The molecule has 4 heteroatoms. The van der Waals surface area contributed by atoms with Gasteiger partial charge in [-0.05, 0) is 19.8 Å². The van der Waals surface area contributed by atoms with E-state index in [2.05, 4.69) is 12.2 Å². The van der Waals surface area contributed by atoms with Crippen LogP contribution in [0.2, 0.25) is 0 Å². The van der Waals surface area contributed by atoms with Crippen LogP contribution >= 0.6 is 0 Å². The lowest BCUT2D eigenvalue weighted by molar-refractivity contribution is -0.148. The Bertz CT molecular complexity index is 357. The molecule has 0 spiro atoms. The number of hydrogen-bond donors (Lipinski definition) is 1. The number of rotatable bonds is 17. The van der Waals surface area contributed by atoms with Gasteiger partial charge in [0.15, 0.2) is 0 Å². The molecule has 0 aromatic carbocycles. The van der Waals surface area contributed by atoms with Gasteiger partial charge in [-0.15, -0.1) is 0 Å². The fourth-order valence-corrected chi connectivity index (χ4v) is 3.40. The van der Waals surface area contributed by atoms with Crippen LogP contribution in [-0.4, -0.2) is 24.0 Å². The van der Waals surface area contributed by atoms with Crippen LogP contribution in [0.3, 0.4) is 0 Å². The summed E-state index contributed by atoms with van der Waals surface area (Å²) < 4.78 is 5.37. The molecule has 1 N–H and O–H groups in total. The summed E-state index contributed by atoms with van der Waals surface area (Å²) in [5.41, 5.74) is 0. The van der Waals surface area contributed by atoms with Gasteiger partial charge in [-0.25, -0.2) is 0 Å². The molecule has 0 radical (unpaired) electrons. The zero-order valence-corrected chi connectivity index (χ0v) is 17.8. The molecule has 0 rings (SSSR count). The third kappa shape index (κ3) is 16.4. The molecule has 0 saturated heterocycles. The molecule has 0 bridgehead atoms. The monoisotopic (exact) mass is 369 g/mol. The van der Waals surface area contributed by atoms with Crippen molar-refractivity contribution >= 4 is 11.9 Å². The molecule has 0 fully saturated rings. The SMILES string of the molecule is CCCCCCCCCCCCCCC[C@@H](OC(C)=O)[C@H](C)NC(C)=O. The van der Waals surface area contributed by atoms with Gasteiger partial charge in [0.2, 0.25) is 5.91 Å². The number of amides is 1. The fourth-order valence-electron chi connectivity index (χ4n) is 3.40. The maximum atomic E-state index is 11.2. The maximum Gasteiger partial charge on any atom is 0.302 e. The average Bonchev–Trinajstić information content (AvgIpc) is 2.57. The second-order valence-corrected chi connectivity index (χ2v) is 7.67. The molecular weight excluding hydrogens is 326 g/mol. The van der Waals surface area contributed by atoms with Crippen molar-refractivity contribution in [3.63, 3.8) is 0 Å². The first kappa shape index (κ1) is 24.9. The number of esters is 1. The Balaban J connectivity index is 3.60. The van der Waals surface area contributed by atoms with E-state index in [-0.39, 0.29) is 24.0 Å². The molecule has 4 nitrogen and oxygen atoms in total. The molecule has 0 heterocycles. The lowest BCUT2D eigenvalue weighted by Gasteiger charge is -2.24. The summed E-state index contributed by atoms with van der Waals surface area (Å²) in [6.45, 7) is 7.08. The molecule has 0 aromatic heterocycles. The number of ether oxygens (including phenoxy) is 1. The first-order chi connectivity index (χ1) is 12.5. The van der Waals surface area contributed by atoms with E-state index in [0.717, 1.165) is 12.8 Å². The highest BCUT2D eigenvalue weighted by Crippen LogP contribution is 2.15. The van der Waals surface area contributed by atoms with E-state index >= 15 is 0 Å². The van der Waals surface area contributed by atoms with Gasteiger partial charge in [0.25, 0.3) is 0 Å². The Labute approximate surface area is 161 Å². The van der Waals surface area contributed by atoms with E-state index in [1.54, 1.807) is 0 Å². The van der Waals surface area contributed by atoms with Gasteiger partial charge in [-0.3, -0.25) is 9.59 Å². The lowest BCUT2D eigenvalue weighted by Crippen LogP contribution is -2.42. The molecular formula is C22H43NO3. The molecule has 0 aliphatic carbocycles. The minimum atomic E-state index is -0.276. The predicted octanol–water partition coefficient (Wildman–Crippen LogP) is 5.92. The topological polar surface area (TPSA) is 55.4 Å². The van der Waals surface area contributed by atoms with Crippen molar-refractivity contribution in [2.24, 2.45) is 0 Å². The Kier molecular flexibility index (Phi) is 16.7. The van der Waals surface area contributed by atoms with Crippen molar-refractivity contribution < 1.29 is 14.3 Å². The predicted molar refractivity (Wildman–Crippen MR) is 109 cm³/mol. The molecule has 0 unspecified atom stereocenters. The summed E-state index contributed by atoms with van der Waals surface area (Å²) in [6, 6.07) is -0.131. The van der Waals surface area contributed by atoms with Crippen molar-refractivity contribution in [1.29, 1.82) is 0 Å². The quantitative estimate of drug-likeness (QED) is 0.255. The highest BCUT2D eigenvalue weighted by Gasteiger charge is 2.20. The molecule has 0 saturated carbocycles. The Morgan fingerprint density at radius 1 is 0.769 bits per heavy atom. The van der Waals surface area contributed by atoms with E-state index < -0.39 is 0 Å². The first-order valence-electron chi connectivity index (χ1n) is 10.9. The van der Waals surface area contributed by atoms with Crippen LogP contribution < -0.4 is 5.32 Å². The Morgan fingerprint density at radius 2 is 1.19 bits per heavy atom. The minimum absolute atomic E-state index is 0.0833. The van der Waals surface area contributed by atoms with E-state index in [4.69, 9.17) is 4.74 Å². The first-order valence-corrected chi connectivity index (χ1v) is 10.9. The largest absolute Gasteiger partial charge is 0.460 e. The van der Waals surface area contributed by atoms with Crippen molar-refractivity contribution in [1.82, 2.24) is 5.32 Å². The summed E-state index contributed by atoms with van der Waals surface area (Å²) in [4.78, 5) is 22.4. The van der Waals surface area contributed by atoms with Crippen molar-refractivity contribution in [3.8, 4) is 0 Å². The summed E-state index contributed by atoms with van der Waals surface area (Å²) >= 11 is 0. The van der Waals surface area contributed by atoms with Crippen LogP contribution in [0, 0.1) is 0 Å². The second kappa shape index (κ2) is 17.4. The van der Waals surface area contributed by atoms with Crippen LogP contribution in [0.25, 0.3) is 0 Å². The number of unbranched alkanes of at least 4 members (excludes halogenated alkanes) is 12. The molecule has 0 aliphatic heterocycles. The molecule has 0 aliphatic rings. The van der Waals surface area contributed by atoms with Crippen LogP contribution in [0.4, 0.5) is 0 Å². The third-order valence-electron chi connectivity index (χ3n) is 4.90. The zero-order valence-electron chi connectivity index (χ0n) is 17.8. The average molecular weight is 370 g/mol. The minimum Gasteiger partial charge on any atom is -0.460 e. The number of carbonyl (C=O) groups is 2. The lowest BCUT2D eigenvalue weighted by atomic mass is 10.0. The van der Waals surface area contributed by atoms with E-state index in [9.17, 15) is 9.59 Å². The maximum absolute atomic E-state index is 11.2. The zero-order chi connectivity index (χ0) is 19.6. The number of hydrogen-bond acceptors (Lipinski definition) is 3. The van der Waals surface area contributed by atoms with Gasteiger partial charge < -0.3 is 10.1 Å². The van der Waals surface area contributed by atoms with Crippen molar-refractivity contribution in [2.75, 3.05) is 0 Å². The summed E-state index contributed by atoms with van der Waals surface area (Å²) in [5.74, 6) is -0.359. The van der Waals surface area contributed by atoms with E-state index in [1.165, 1.54) is 90.9 Å². The van der Waals surface area contributed by atoms with Crippen LogP contribution in [0.5, 0.6) is 0 Å². The highest BCUT2D eigenvalue weighted by molar-refractivity contribution is 5.73. The van der Waals surface area contributed by atoms with Crippen LogP contribution in [0.15, 0.2) is 0 Å². The third-order valence-corrected chi connectivity index (χ3v) is 4.90. The smallest absolute Gasteiger partial charge is 0.302 e. The second-order valence-electron chi connectivity index (χ2n) is 7.67. The fraction of sp³-hybridized carbons (Fsp3) is 0.909. The van der Waals surface area contributed by atoms with Gasteiger partial charge in [-0.1, -0.05) is 84.0 Å². The normalized spacial score (nSPS) is 13.2. The molecule has 2 atom stereocenters. The van der Waals surface area contributed by atoms with Crippen LogP contribution in [0.1, 0.15) is 118 Å². The summed E-state index contributed by atoms with van der Waals surface area (Å²) in [7, 11) is 0. The van der Waals surface area contributed by atoms with Gasteiger partial charge in [0.05, 0.1) is 6.04 Å². The molecule has 1 amide bonds. The molecule has 154 valence electrons. The van der Waals surface area contributed by atoms with Gasteiger partial charge in [-0.2, -0.15) is 0 Å².